The maximum Gasteiger partial charge on any atom is 0.573 e. The lowest BCUT2D eigenvalue weighted by atomic mass is 10.3. The van der Waals surface area contributed by atoms with E-state index in [4.69, 9.17) is 9.47 Å². The Morgan fingerprint density at radius 2 is 1.70 bits per heavy atom. The monoisotopic (exact) mass is 293 g/mol. The lowest BCUT2D eigenvalue weighted by Crippen LogP contribution is -2.25. The van der Waals surface area contributed by atoms with E-state index in [-0.39, 0.29) is 18.1 Å². The fourth-order valence-electron chi connectivity index (χ4n) is 1.43. The Balaban J connectivity index is 2.33. The van der Waals surface area contributed by atoms with Gasteiger partial charge in [0, 0.05) is 19.7 Å². The Labute approximate surface area is 115 Å². The molecule has 0 saturated carbocycles. The van der Waals surface area contributed by atoms with Gasteiger partial charge in [0.15, 0.2) is 11.5 Å². The summed E-state index contributed by atoms with van der Waals surface area (Å²) < 4.78 is 50.8. The fraction of sp³-hybridized carbons (Fsp3) is 0.538. The van der Waals surface area contributed by atoms with Gasteiger partial charge in [0.2, 0.25) is 0 Å². The summed E-state index contributed by atoms with van der Waals surface area (Å²) >= 11 is 0. The highest BCUT2D eigenvalue weighted by molar-refractivity contribution is 5.39. The molecule has 0 spiro atoms. The van der Waals surface area contributed by atoms with E-state index in [1.54, 1.807) is 6.07 Å². The average Bonchev–Trinajstić information content (AvgIpc) is 2.38. The lowest BCUT2D eigenvalue weighted by molar-refractivity contribution is -0.275. The van der Waals surface area contributed by atoms with Gasteiger partial charge >= 0.3 is 6.36 Å². The maximum absolute atomic E-state index is 12.2. The summed E-state index contributed by atoms with van der Waals surface area (Å²) in [5.74, 6) is -0.272. The van der Waals surface area contributed by atoms with Crippen LogP contribution < -0.4 is 14.8 Å². The second kappa shape index (κ2) is 8.65. The van der Waals surface area contributed by atoms with Crippen LogP contribution in [0.2, 0.25) is 0 Å². The van der Waals surface area contributed by atoms with Crippen molar-refractivity contribution in [2.75, 3.05) is 32.9 Å². The number of halogens is 3. The minimum atomic E-state index is -4.73. The van der Waals surface area contributed by atoms with Crippen LogP contribution in [0.3, 0.4) is 0 Å². The molecule has 0 fully saturated rings. The van der Waals surface area contributed by atoms with Crippen molar-refractivity contribution in [2.45, 2.75) is 13.3 Å². The molecule has 7 heteroatoms. The molecule has 1 rings (SSSR count). The number of ether oxygens (including phenoxy) is 3. The summed E-state index contributed by atoms with van der Waals surface area (Å²) in [6.07, 6.45) is -4.73. The summed E-state index contributed by atoms with van der Waals surface area (Å²) in [7, 11) is 0. The largest absolute Gasteiger partial charge is 0.573 e. The molecule has 0 atom stereocenters. The molecule has 1 N–H and O–H groups in total. The number of alkyl halides is 3. The highest BCUT2D eigenvalue weighted by Gasteiger charge is 2.32. The summed E-state index contributed by atoms with van der Waals surface area (Å²) in [5.41, 5.74) is 0. The van der Waals surface area contributed by atoms with Crippen LogP contribution in [-0.2, 0) is 4.74 Å². The molecule has 1 aromatic rings. The van der Waals surface area contributed by atoms with Crippen LogP contribution in [0.5, 0.6) is 11.5 Å². The predicted molar refractivity (Wildman–Crippen MR) is 68.0 cm³/mol. The standard InChI is InChI=1S/C13H18F3NO3/c1-2-18-9-7-17-8-10-19-11-5-3-4-6-12(11)20-13(14,15)16/h3-6,17H,2,7-10H2,1H3. The van der Waals surface area contributed by atoms with Crippen LogP contribution in [0, 0.1) is 0 Å². The maximum atomic E-state index is 12.2. The highest BCUT2D eigenvalue weighted by atomic mass is 19.4. The highest BCUT2D eigenvalue weighted by Crippen LogP contribution is 2.31. The first kappa shape index (κ1) is 16.6. The van der Waals surface area contributed by atoms with Crippen LogP contribution in [-0.4, -0.2) is 39.3 Å². The van der Waals surface area contributed by atoms with Gasteiger partial charge in [-0.25, -0.2) is 0 Å². The van der Waals surface area contributed by atoms with Crippen molar-refractivity contribution in [3.05, 3.63) is 24.3 Å². The van der Waals surface area contributed by atoms with Crippen LogP contribution in [0.4, 0.5) is 13.2 Å². The molecule has 0 aliphatic rings. The van der Waals surface area contributed by atoms with E-state index in [9.17, 15) is 13.2 Å². The number of nitrogens with one attached hydrogen (secondary N) is 1. The molecule has 0 aromatic heterocycles. The van der Waals surface area contributed by atoms with Gasteiger partial charge in [0.25, 0.3) is 0 Å². The van der Waals surface area contributed by atoms with E-state index < -0.39 is 6.36 Å². The van der Waals surface area contributed by atoms with E-state index in [2.05, 4.69) is 10.1 Å². The Kier molecular flexibility index (Phi) is 7.17. The lowest BCUT2D eigenvalue weighted by Gasteiger charge is -2.14. The molecule has 0 aliphatic heterocycles. The van der Waals surface area contributed by atoms with Crippen LogP contribution >= 0.6 is 0 Å². The fourth-order valence-corrected chi connectivity index (χ4v) is 1.43. The van der Waals surface area contributed by atoms with Gasteiger partial charge in [-0.05, 0) is 19.1 Å². The molecule has 1 aromatic carbocycles. The molecule has 0 radical (unpaired) electrons. The zero-order valence-electron chi connectivity index (χ0n) is 11.2. The molecule has 4 nitrogen and oxygen atoms in total. The average molecular weight is 293 g/mol. The first-order chi connectivity index (χ1) is 9.53. The topological polar surface area (TPSA) is 39.7 Å². The van der Waals surface area contributed by atoms with E-state index in [0.29, 0.717) is 26.3 Å². The number of rotatable bonds is 9. The SMILES string of the molecule is CCOCCNCCOc1ccccc1OC(F)(F)F. The minimum Gasteiger partial charge on any atom is -0.488 e. The molecule has 0 heterocycles. The normalized spacial score (nSPS) is 11.4. The third kappa shape index (κ3) is 7.20. The second-order valence-corrected chi connectivity index (χ2v) is 3.79. The third-order valence-corrected chi connectivity index (χ3v) is 2.24. The van der Waals surface area contributed by atoms with Crippen LogP contribution in [0.25, 0.3) is 0 Å². The number of benzene rings is 1. The molecular weight excluding hydrogens is 275 g/mol. The molecule has 0 unspecified atom stereocenters. The van der Waals surface area contributed by atoms with Gasteiger partial charge in [0.1, 0.15) is 6.61 Å². The van der Waals surface area contributed by atoms with Crippen LogP contribution in [0.15, 0.2) is 24.3 Å². The van der Waals surface area contributed by atoms with Gasteiger partial charge < -0.3 is 19.5 Å². The first-order valence-corrected chi connectivity index (χ1v) is 6.29. The van der Waals surface area contributed by atoms with Crippen molar-refractivity contribution < 1.29 is 27.4 Å². The number of hydrogen-bond acceptors (Lipinski definition) is 4. The zero-order valence-corrected chi connectivity index (χ0v) is 11.2. The van der Waals surface area contributed by atoms with E-state index in [1.165, 1.54) is 18.2 Å². The summed E-state index contributed by atoms with van der Waals surface area (Å²) in [6, 6.07) is 5.68. The van der Waals surface area contributed by atoms with Gasteiger partial charge in [-0.1, -0.05) is 12.1 Å². The van der Waals surface area contributed by atoms with Crippen molar-refractivity contribution in [1.82, 2.24) is 5.32 Å². The summed E-state index contributed by atoms with van der Waals surface area (Å²) in [4.78, 5) is 0. The van der Waals surface area contributed by atoms with Gasteiger partial charge in [-0.2, -0.15) is 0 Å². The molecule has 0 bridgehead atoms. The van der Waals surface area contributed by atoms with Crippen molar-refractivity contribution >= 4 is 0 Å². The first-order valence-electron chi connectivity index (χ1n) is 6.29. The van der Waals surface area contributed by atoms with E-state index in [0.717, 1.165) is 0 Å². The second-order valence-electron chi connectivity index (χ2n) is 3.79. The van der Waals surface area contributed by atoms with Crippen molar-refractivity contribution in [1.29, 1.82) is 0 Å². The Hall–Kier alpha value is -1.47. The van der Waals surface area contributed by atoms with Gasteiger partial charge in [0.05, 0.1) is 6.61 Å². The molecule has 20 heavy (non-hydrogen) atoms. The van der Waals surface area contributed by atoms with E-state index in [1.807, 2.05) is 6.92 Å². The Bertz CT molecular complexity index is 385. The Morgan fingerprint density at radius 3 is 2.35 bits per heavy atom. The minimum absolute atomic E-state index is 0.0661. The Morgan fingerprint density at radius 1 is 1.05 bits per heavy atom. The van der Waals surface area contributed by atoms with E-state index >= 15 is 0 Å². The number of hydrogen-bond donors (Lipinski definition) is 1. The smallest absolute Gasteiger partial charge is 0.488 e. The van der Waals surface area contributed by atoms with Crippen molar-refractivity contribution in [3.63, 3.8) is 0 Å². The molecule has 0 aliphatic carbocycles. The summed E-state index contributed by atoms with van der Waals surface area (Å²) in [5, 5.41) is 3.05. The zero-order chi connectivity index (χ0) is 14.8. The van der Waals surface area contributed by atoms with Gasteiger partial charge in [-0.3, -0.25) is 0 Å². The van der Waals surface area contributed by atoms with Crippen molar-refractivity contribution in [2.24, 2.45) is 0 Å². The molecule has 114 valence electrons. The number of para-hydroxylation sites is 2. The quantitative estimate of drug-likeness (QED) is 0.710. The summed E-state index contributed by atoms with van der Waals surface area (Å²) in [6.45, 7) is 4.56. The van der Waals surface area contributed by atoms with Crippen molar-refractivity contribution in [3.8, 4) is 11.5 Å². The molecule has 0 saturated heterocycles. The third-order valence-electron chi connectivity index (χ3n) is 2.24. The van der Waals surface area contributed by atoms with Crippen LogP contribution in [0.1, 0.15) is 6.92 Å². The predicted octanol–water partition coefficient (Wildman–Crippen LogP) is 2.59. The molecular formula is C13H18F3NO3. The molecule has 0 amide bonds. The van der Waals surface area contributed by atoms with Gasteiger partial charge in [-0.15, -0.1) is 13.2 Å².